The minimum Gasteiger partial charge on any atom is -0.384 e. The number of hydrogen-bond acceptors (Lipinski definition) is 3. The van der Waals surface area contributed by atoms with Gasteiger partial charge in [0.25, 0.3) is 0 Å². The molecule has 19 heavy (non-hydrogen) atoms. The Labute approximate surface area is 112 Å². The maximum absolute atomic E-state index is 11.5. The molecule has 3 N–H and O–H groups in total. The molecule has 0 aliphatic rings. The number of aliphatic hydroxyl groups is 1. The van der Waals surface area contributed by atoms with E-state index in [1.807, 2.05) is 6.92 Å². The zero-order valence-electron chi connectivity index (χ0n) is 10.9. The molecule has 0 saturated carbocycles. The normalized spacial score (nSPS) is 9.21. The number of amides is 2. The van der Waals surface area contributed by atoms with Gasteiger partial charge in [-0.15, -0.1) is 0 Å². The fourth-order valence-corrected chi connectivity index (χ4v) is 1.43. The van der Waals surface area contributed by atoms with Crippen molar-refractivity contribution in [1.29, 1.82) is 0 Å². The summed E-state index contributed by atoms with van der Waals surface area (Å²) >= 11 is 0. The molecule has 0 aromatic heterocycles. The van der Waals surface area contributed by atoms with Crippen LogP contribution >= 0.6 is 0 Å². The second-order valence-corrected chi connectivity index (χ2v) is 3.95. The van der Waals surface area contributed by atoms with Crippen molar-refractivity contribution in [3.63, 3.8) is 0 Å². The van der Waals surface area contributed by atoms with Crippen molar-refractivity contribution in [2.45, 2.75) is 13.8 Å². The third-order valence-corrected chi connectivity index (χ3v) is 2.31. The molecule has 5 heteroatoms. The lowest BCUT2D eigenvalue weighted by atomic mass is 10.1. The summed E-state index contributed by atoms with van der Waals surface area (Å²) < 4.78 is 0. The van der Waals surface area contributed by atoms with Crippen molar-refractivity contribution < 1.29 is 14.7 Å². The van der Waals surface area contributed by atoms with E-state index in [-0.39, 0.29) is 25.0 Å². The molecular formula is C14H16N2O3. The van der Waals surface area contributed by atoms with E-state index in [0.717, 1.165) is 11.1 Å². The Hall–Kier alpha value is -2.32. The van der Waals surface area contributed by atoms with Gasteiger partial charge in [-0.2, -0.15) is 0 Å². The van der Waals surface area contributed by atoms with Gasteiger partial charge in [0.1, 0.15) is 6.61 Å². The Morgan fingerprint density at radius 2 is 2.11 bits per heavy atom. The van der Waals surface area contributed by atoms with Gasteiger partial charge >= 0.3 is 0 Å². The van der Waals surface area contributed by atoms with Crippen LogP contribution in [0.4, 0.5) is 5.69 Å². The first kappa shape index (κ1) is 14.7. The van der Waals surface area contributed by atoms with Crippen LogP contribution in [0.5, 0.6) is 0 Å². The van der Waals surface area contributed by atoms with Crippen LogP contribution in [0.15, 0.2) is 18.2 Å². The van der Waals surface area contributed by atoms with Crippen LogP contribution in [0.3, 0.4) is 0 Å². The van der Waals surface area contributed by atoms with Crippen LogP contribution < -0.4 is 10.6 Å². The lowest BCUT2D eigenvalue weighted by Gasteiger charge is -2.07. The molecule has 0 bridgehead atoms. The van der Waals surface area contributed by atoms with E-state index in [1.165, 1.54) is 6.92 Å². The SMILES string of the molecule is CC(=O)NCC(=O)Nc1ccc(C#CCO)c(C)c1. The molecule has 0 atom stereocenters. The molecule has 0 spiro atoms. The van der Waals surface area contributed by atoms with E-state index in [0.29, 0.717) is 5.69 Å². The van der Waals surface area contributed by atoms with Crippen molar-refractivity contribution in [3.05, 3.63) is 29.3 Å². The van der Waals surface area contributed by atoms with Gasteiger partial charge < -0.3 is 15.7 Å². The summed E-state index contributed by atoms with van der Waals surface area (Å²) in [6.07, 6.45) is 0. The van der Waals surface area contributed by atoms with Crippen molar-refractivity contribution >= 4 is 17.5 Å². The third-order valence-electron chi connectivity index (χ3n) is 2.31. The minimum atomic E-state index is -0.288. The number of carbonyl (C=O) groups excluding carboxylic acids is 2. The summed E-state index contributed by atoms with van der Waals surface area (Å²) in [7, 11) is 0. The molecule has 1 aromatic carbocycles. The van der Waals surface area contributed by atoms with Gasteiger partial charge in [-0.1, -0.05) is 11.8 Å². The predicted octanol–water partition coefficient (Wildman–Crippen LogP) is 0.413. The molecule has 100 valence electrons. The predicted molar refractivity (Wildman–Crippen MR) is 72.5 cm³/mol. The van der Waals surface area contributed by atoms with Crippen LogP contribution in [0.25, 0.3) is 0 Å². The number of aryl methyl sites for hydroxylation is 1. The molecule has 5 nitrogen and oxygen atoms in total. The number of anilines is 1. The molecule has 0 fully saturated rings. The zero-order valence-corrected chi connectivity index (χ0v) is 10.9. The van der Waals surface area contributed by atoms with Crippen molar-refractivity contribution in [3.8, 4) is 11.8 Å². The maximum atomic E-state index is 11.5. The van der Waals surface area contributed by atoms with Gasteiger partial charge in [0.2, 0.25) is 11.8 Å². The quantitative estimate of drug-likeness (QED) is 0.689. The lowest BCUT2D eigenvalue weighted by Crippen LogP contribution is -2.31. The number of hydrogen-bond donors (Lipinski definition) is 3. The van der Waals surface area contributed by atoms with Crippen LogP contribution in [-0.2, 0) is 9.59 Å². The van der Waals surface area contributed by atoms with E-state index >= 15 is 0 Å². The first-order valence-electron chi connectivity index (χ1n) is 5.77. The summed E-state index contributed by atoms with van der Waals surface area (Å²) in [6, 6.07) is 5.28. The smallest absolute Gasteiger partial charge is 0.243 e. The molecule has 1 aromatic rings. The Balaban J connectivity index is 2.68. The van der Waals surface area contributed by atoms with Gasteiger partial charge in [-0.05, 0) is 30.7 Å². The Bertz CT molecular complexity index is 541. The van der Waals surface area contributed by atoms with Crippen LogP contribution in [0.1, 0.15) is 18.1 Å². The van der Waals surface area contributed by atoms with Gasteiger partial charge in [0, 0.05) is 18.2 Å². The average Bonchev–Trinajstić information content (AvgIpc) is 2.35. The number of benzene rings is 1. The van der Waals surface area contributed by atoms with E-state index in [2.05, 4.69) is 22.5 Å². The highest BCUT2D eigenvalue weighted by Gasteiger charge is 2.04. The second-order valence-electron chi connectivity index (χ2n) is 3.95. The summed E-state index contributed by atoms with van der Waals surface area (Å²) in [4.78, 5) is 22.2. The summed E-state index contributed by atoms with van der Waals surface area (Å²) in [5, 5.41) is 13.7. The van der Waals surface area contributed by atoms with Crippen LogP contribution in [0, 0.1) is 18.8 Å². The fraction of sp³-hybridized carbons (Fsp3) is 0.286. The Kier molecular flexibility index (Phi) is 5.58. The van der Waals surface area contributed by atoms with Gasteiger partial charge in [-0.25, -0.2) is 0 Å². The largest absolute Gasteiger partial charge is 0.384 e. The highest BCUT2D eigenvalue weighted by Crippen LogP contribution is 2.14. The molecule has 0 saturated heterocycles. The summed E-state index contributed by atoms with van der Waals surface area (Å²) in [5.74, 6) is 4.85. The first-order chi connectivity index (χ1) is 9.02. The summed E-state index contributed by atoms with van der Waals surface area (Å²) in [6.45, 7) is 2.98. The second kappa shape index (κ2) is 7.19. The topological polar surface area (TPSA) is 78.4 Å². The van der Waals surface area contributed by atoms with E-state index in [4.69, 9.17) is 5.11 Å². The molecular weight excluding hydrogens is 244 g/mol. The van der Waals surface area contributed by atoms with E-state index in [1.54, 1.807) is 18.2 Å². The fourth-order valence-electron chi connectivity index (χ4n) is 1.43. The zero-order chi connectivity index (χ0) is 14.3. The van der Waals surface area contributed by atoms with Gasteiger partial charge in [0.05, 0.1) is 6.54 Å². The molecule has 0 unspecified atom stereocenters. The number of carbonyl (C=O) groups is 2. The van der Waals surface area contributed by atoms with Crippen LogP contribution in [-0.4, -0.2) is 30.1 Å². The lowest BCUT2D eigenvalue weighted by molar-refractivity contribution is -0.122. The highest BCUT2D eigenvalue weighted by atomic mass is 16.2. The first-order valence-corrected chi connectivity index (χ1v) is 5.77. The Morgan fingerprint density at radius 1 is 1.37 bits per heavy atom. The molecule has 2 amide bonds. The number of nitrogens with one attached hydrogen (secondary N) is 2. The van der Waals surface area contributed by atoms with Gasteiger partial charge in [-0.3, -0.25) is 9.59 Å². The highest BCUT2D eigenvalue weighted by molar-refractivity contribution is 5.94. The average molecular weight is 260 g/mol. The van der Waals surface area contributed by atoms with Gasteiger partial charge in [0.15, 0.2) is 0 Å². The maximum Gasteiger partial charge on any atom is 0.243 e. The molecule has 1 rings (SSSR count). The van der Waals surface area contributed by atoms with Crippen LogP contribution in [0.2, 0.25) is 0 Å². The minimum absolute atomic E-state index is 0.0551. The van der Waals surface area contributed by atoms with Crippen molar-refractivity contribution in [2.24, 2.45) is 0 Å². The van der Waals surface area contributed by atoms with Crippen molar-refractivity contribution in [2.75, 3.05) is 18.5 Å². The number of rotatable bonds is 3. The molecule has 0 radical (unpaired) electrons. The number of aliphatic hydroxyl groups excluding tert-OH is 1. The van der Waals surface area contributed by atoms with E-state index in [9.17, 15) is 9.59 Å². The standard InChI is InChI=1S/C14H16N2O3/c1-10-8-13(6-5-12(10)4-3-7-17)16-14(19)9-15-11(2)18/h5-6,8,17H,7,9H2,1-2H3,(H,15,18)(H,16,19). The monoisotopic (exact) mass is 260 g/mol. The summed E-state index contributed by atoms with van der Waals surface area (Å²) in [5.41, 5.74) is 2.34. The third kappa shape index (κ3) is 5.23. The molecule has 0 aliphatic heterocycles. The Morgan fingerprint density at radius 3 is 2.68 bits per heavy atom. The molecule has 0 heterocycles. The van der Waals surface area contributed by atoms with E-state index < -0.39 is 0 Å². The van der Waals surface area contributed by atoms with Crippen molar-refractivity contribution in [1.82, 2.24) is 5.32 Å². The molecule has 0 aliphatic carbocycles.